The first kappa shape index (κ1) is 21.9. The summed E-state index contributed by atoms with van der Waals surface area (Å²) < 4.78 is 38.5. The van der Waals surface area contributed by atoms with E-state index in [4.69, 9.17) is 5.73 Å². The second-order valence-electron chi connectivity index (χ2n) is 7.46. The van der Waals surface area contributed by atoms with Crippen LogP contribution in [-0.4, -0.2) is 39.4 Å². The summed E-state index contributed by atoms with van der Waals surface area (Å²) in [6.07, 6.45) is -2.71. The molecule has 1 fully saturated rings. The van der Waals surface area contributed by atoms with E-state index in [1.807, 2.05) is 0 Å². The molecule has 1 amide bonds. The molecule has 2 aromatic heterocycles. The maximum absolute atomic E-state index is 12.8. The lowest BCUT2D eigenvalue weighted by Crippen LogP contribution is -2.35. The fraction of sp³-hybridized carbons (Fsp3) is 0.350. The van der Waals surface area contributed by atoms with Gasteiger partial charge in [-0.15, -0.1) is 20.4 Å². The first-order chi connectivity index (χ1) is 15.3. The molecule has 0 saturated carbocycles. The standard InChI is InChI=1S/C20H20F3N7OS/c21-20(22,23)14-5-1-3-12(9-14)10-17(31)25-15-6-7-16(27-26-15)30-8-2-4-13(11-30)18-28-29-19(24)32-18/h1,3,5-7,9,13H,2,4,8,10-11H2,(H2,24,29)(H,25,26,31). The molecule has 1 aromatic carbocycles. The molecule has 1 saturated heterocycles. The summed E-state index contributed by atoms with van der Waals surface area (Å²) in [5, 5.41) is 20.2. The van der Waals surface area contributed by atoms with Gasteiger partial charge in [0.15, 0.2) is 11.6 Å². The van der Waals surface area contributed by atoms with Crippen LogP contribution in [0.25, 0.3) is 0 Å². The number of hydrogen-bond acceptors (Lipinski definition) is 8. The molecule has 0 aliphatic carbocycles. The number of nitrogens with zero attached hydrogens (tertiary/aromatic N) is 5. The van der Waals surface area contributed by atoms with E-state index in [0.717, 1.165) is 36.5 Å². The minimum absolute atomic E-state index is 0.202. The minimum Gasteiger partial charge on any atom is -0.374 e. The zero-order valence-electron chi connectivity index (χ0n) is 16.8. The van der Waals surface area contributed by atoms with E-state index in [0.29, 0.717) is 17.5 Å². The SMILES string of the molecule is Nc1nnc(C2CCCN(c3ccc(NC(=O)Cc4cccc(C(F)(F)F)c4)nn3)C2)s1. The van der Waals surface area contributed by atoms with Crippen LogP contribution in [0, 0.1) is 0 Å². The number of alkyl halides is 3. The van der Waals surface area contributed by atoms with Crippen molar-refractivity contribution in [3.05, 3.63) is 52.5 Å². The Labute approximate surface area is 185 Å². The monoisotopic (exact) mass is 463 g/mol. The minimum atomic E-state index is -4.45. The van der Waals surface area contributed by atoms with Crippen molar-refractivity contribution in [3.8, 4) is 0 Å². The number of anilines is 3. The molecule has 1 aliphatic heterocycles. The predicted molar refractivity (Wildman–Crippen MR) is 114 cm³/mol. The topological polar surface area (TPSA) is 110 Å². The second-order valence-corrected chi connectivity index (χ2v) is 8.50. The first-order valence-electron chi connectivity index (χ1n) is 9.91. The normalized spacial score (nSPS) is 16.7. The Balaban J connectivity index is 1.36. The molecule has 0 radical (unpaired) electrons. The Bertz CT molecular complexity index is 1090. The van der Waals surface area contributed by atoms with E-state index in [9.17, 15) is 18.0 Å². The van der Waals surface area contributed by atoms with Gasteiger partial charge in [-0.05, 0) is 36.6 Å². The number of amides is 1. The lowest BCUT2D eigenvalue weighted by Gasteiger charge is -2.32. The van der Waals surface area contributed by atoms with E-state index in [1.54, 1.807) is 12.1 Å². The van der Waals surface area contributed by atoms with Crippen LogP contribution in [0.5, 0.6) is 0 Å². The molecule has 1 aliphatic rings. The van der Waals surface area contributed by atoms with Crippen molar-refractivity contribution in [2.75, 3.05) is 29.0 Å². The predicted octanol–water partition coefficient (Wildman–Crippen LogP) is 3.49. The molecule has 4 rings (SSSR count). The fourth-order valence-corrected chi connectivity index (χ4v) is 4.33. The smallest absolute Gasteiger partial charge is 0.374 e. The van der Waals surface area contributed by atoms with E-state index in [-0.39, 0.29) is 23.7 Å². The Morgan fingerprint density at radius 1 is 1.19 bits per heavy atom. The van der Waals surface area contributed by atoms with Crippen LogP contribution in [0.15, 0.2) is 36.4 Å². The number of piperidine rings is 1. The van der Waals surface area contributed by atoms with Gasteiger partial charge in [-0.2, -0.15) is 13.2 Å². The summed E-state index contributed by atoms with van der Waals surface area (Å²) in [5.41, 5.74) is 5.16. The number of hydrogen-bond donors (Lipinski definition) is 2. The van der Waals surface area contributed by atoms with Crippen molar-refractivity contribution >= 4 is 34.0 Å². The van der Waals surface area contributed by atoms with E-state index >= 15 is 0 Å². The highest BCUT2D eigenvalue weighted by molar-refractivity contribution is 7.15. The molecule has 3 aromatic rings. The Morgan fingerprint density at radius 2 is 2.03 bits per heavy atom. The number of carbonyl (C=O) groups excluding carboxylic acids is 1. The van der Waals surface area contributed by atoms with Gasteiger partial charge in [-0.3, -0.25) is 4.79 Å². The number of carbonyl (C=O) groups is 1. The number of halogens is 3. The van der Waals surface area contributed by atoms with Gasteiger partial charge in [0.05, 0.1) is 12.0 Å². The summed E-state index contributed by atoms with van der Waals surface area (Å²) in [4.78, 5) is 14.3. The zero-order chi connectivity index (χ0) is 22.7. The summed E-state index contributed by atoms with van der Waals surface area (Å²) in [6.45, 7) is 1.53. The van der Waals surface area contributed by atoms with Gasteiger partial charge in [0, 0.05) is 19.0 Å². The van der Waals surface area contributed by atoms with Crippen molar-refractivity contribution in [1.29, 1.82) is 0 Å². The number of nitrogens with two attached hydrogens (primary N) is 1. The van der Waals surface area contributed by atoms with Crippen LogP contribution < -0.4 is 16.0 Å². The van der Waals surface area contributed by atoms with E-state index < -0.39 is 17.6 Å². The highest BCUT2D eigenvalue weighted by atomic mass is 32.1. The molecule has 1 unspecified atom stereocenters. The van der Waals surface area contributed by atoms with Crippen molar-refractivity contribution in [2.45, 2.75) is 31.4 Å². The summed E-state index contributed by atoms with van der Waals surface area (Å²) in [6, 6.07) is 8.07. The molecular formula is C20H20F3N7OS. The lowest BCUT2D eigenvalue weighted by atomic mass is 9.99. The maximum Gasteiger partial charge on any atom is 0.416 e. The molecule has 32 heavy (non-hydrogen) atoms. The van der Waals surface area contributed by atoms with Crippen LogP contribution in [0.4, 0.5) is 29.9 Å². The molecule has 1 atom stereocenters. The molecule has 0 spiro atoms. The van der Waals surface area contributed by atoms with Crippen LogP contribution in [0.2, 0.25) is 0 Å². The highest BCUT2D eigenvalue weighted by Crippen LogP contribution is 2.32. The Morgan fingerprint density at radius 3 is 2.72 bits per heavy atom. The average Bonchev–Trinajstić information content (AvgIpc) is 3.20. The van der Waals surface area contributed by atoms with Gasteiger partial charge in [0.2, 0.25) is 11.0 Å². The van der Waals surface area contributed by atoms with Crippen molar-refractivity contribution in [2.24, 2.45) is 0 Å². The van der Waals surface area contributed by atoms with Gasteiger partial charge in [0.25, 0.3) is 0 Å². The molecule has 3 N–H and O–H groups in total. The summed E-state index contributed by atoms with van der Waals surface area (Å²) in [5.74, 6) is 0.643. The third-order valence-corrected chi connectivity index (χ3v) is 6.00. The van der Waals surface area contributed by atoms with Gasteiger partial charge < -0.3 is 16.0 Å². The molecule has 0 bridgehead atoms. The van der Waals surface area contributed by atoms with Crippen LogP contribution in [-0.2, 0) is 17.4 Å². The number of rotatable bonds is 5. The summed E-state index contributed by atoms with van der Waals surface area (Å²) >= 11 is 1.39. The van der Waals surface area contributed by atoms with Crippen LogP contribution >= 0.6 is 11.3 Å². The van der Waals surface area contributed by atoms with E-state index in [1.165, 1.54) is 23.5 Å². The third-order valence-electron chi connectivity index (χ3n) is 5.09. The number of nitrogen functional groups attached to an aromatic ring is 1. The zero-order valence-corrected chi connectivity index (χ0v) is 17.7. The largest absolute Gasteiger partial charge is 0.416 e. The number of nitrogens with one attached hydrogen (secondary N) is 1. The molecule has 12 heteroatoms. The van der Waals surface area contributed by atoms with Gasteiger partial charge in [-0.25, -0.2) is 0 Å². The average molecular weight is 463 g/mol. The Hall–Kier alpha value is -3.28. The molecule has 8 nitrogen and oxygen atoms in total. The number of aromatic nitrogens is 4. The molecular weight excluding hydrogens is 443 g/mol. The fourth-order valence-electron chi connectivity index (χ4n) is 3.59. The molecule has 3 heterocycles. The first-order valence-corrected chi connectivity index (χ1v) is 10.7. The van der Waals surface area contributed by atoms with Gasteiger partial charge >= 0.3 is 6.18 Å². The maximum atomic E-state index is 12.8. The highest BCUT2D eigenvalue weighted by Gasteiger charge is 2.30. The van der Waals surface area contributed by atoms with Gasteiger partial charge in [0.1, 0.15) is 5.01 Å². The van der Waals surface area contributed by atoms with Crippen molar-refractivity contribution < 1.29 is 18.0 Å². The second kappa shape index (κ2) is 9.07. The quantitative estimate of drug-likeness (QED) is 0.596. The van der Waals surface area contributed by atoms with Gasteiger partial charge in [-0.1, -0.05) is 29.5 Å². The number of benzene rings is 1. The lowest BCUT2D eigenvalue weighted by molar-refractivity contribution is -0.137. The molecule has 168 valence electrons. The van der Waals surface area contributed by atoms with E-state index in [2.05, 4.69) is 30.6 Å². The third kappa shape index (κ3) is 5.31. The Kier molecular flexibility index (Phi) is 6.21. The summed E-state index contributed by atoms with van der Waals surface area (Å²) in [7, 11) is 0. The van der Waals surface area contributed by atoms with Crippen LogP contribution in [0.3, 0.4) is 0 Å². The van der Waals surface area contributed by atoms with Crippen LogP contribution in [0.1, 0.15) is 34.9 Å². The van der Waals surface area contributed by atoms with Crippen molar-refractivity contribution in [3.63, 3.8) is 0 Å². The van der Waals surface area contributed by atoms with Crippen molar-refractivity contribution in [1.82, 2.24) is 20.4 Å².